The maximum absolute atomic E-state index is 12.9. The number of ketones is 1. The summed E-state index contributed by atoms with van der Waals surface area (Å²) in [5.41, 5.74) is 0.982. The van der Waals surface area contributed by atoms with Gasteiger partial charge in [-0.15, -0.1) is 11.3 Å². The predicted octanol–water partition coefficient (Wildman–Crippen LogP) is 2.89. The summed E-state index contributed by atoms with van der Waals surface area (Å²) < 4.78 is 0. The van der Waals surface area contributed by atoms with Gasteiger partial charge in [0.1, 0.15) is 0 Å². The topological polar surface area (TPSA) is 60.9 Å². The summed E-state index contributed by atoms with van der Waals surface area (Å²) in [6.45, 7) is 1.07. The Bertz CT molecular complexity index is 797. The second kappa shape index (κ2) is 7.21. The summed E-state index contributed by atoms with van der Waals surface area (Å²) in [5.74, 6) is -1.22. The lowest BCUT2D eigenvalue weighted by Crippen LogP contribution is -2.36. The number of hydrogen-bond donors (Lipinski definition) is 1. The summed E-state index contributed by atoms with van der Waals surface area (Å²) >= 11 is 1.30. The number of amides is 1. The average molecular weight is 356 g/mol. The summed E-state index contributed by atoms with van der Waals surface area (Å²) in [6, 6.07) is 12.3. The second-order valence-electron chi connectivity index (χ2n) is 6.18. The fourth-order valence-electron chi connectivity index (χ4n) is 2.95. The number of nitrogens with zero attached hydrogens (tertiary/aromatic N) is 2. The van der Waals surface area contributed by atoms with Crippen LogP contribution in [0.5, 0.6) is 0 Å². The van der Waals surface area contributed by atoms with E-state index in [1.165, 1.54) is 11.3 Å². The van der Waals surface area contributed by atoms with Crippen molar-refractivity contribution in [2.24, 2.45) is 0 Å². The number of likely N-dealkylation sites (N-methyl/N-ethyl adjacent to an activating group) is 1. The highest BCUT2D eigenvalue weighted by Gasteiger charge is 2.43. The van der Waals surface area contributed by atoms with Crippen molar-refractivity contribution in [2.45, 2.75) is 6.04 Å². The molecule has 6 heteroatoms. The van der Waals surface area contributed by atoms with Crippen molar-refractivity contribution < 1.29 is 14.7 Å². The largest absolute Gasteiger partial charge is 0.503 e. The highest BCUT2D eigenvalue weighted by atomic mass is 32.1. The zero-order valence-electron chi connectivity index (χ0n) is 14.2. The molecule has 1 aliphatic heterocycles. The molecule has 1 atom stereocenters. The van der Waals surface area contributed by atoms with Crippen LogP contribution in [-0.2, 0) is 4.79 Å². The third-order valence-corrected chi connectivity index (χ3v) is 5.07. The van der Waals surface area contributed by atoms with Crippen molar-refractivity contribution in [3.63, 3.8) is 0 Å². The molecule has 0 saturated carbocycles. The van der Waals surface area contributed by atoms with Crippen LogP contribution in [-0.4, -0.2) is 53.8 Å². The number of rotatable bonds is 6. The van der Waals surface area contributed by atoms with Gasteiger partial charge in [0.25, 0.3) is 5.91 Å². The molecule has 1 unspecified atom stereocenters. The van der Waals surface area contributed by atoms with Crippen LogP contribution < -0.4 is 0 Å². The van der Waals surface area contributed by atoms with Crippen molar-refractivity contribution in [3.8, 4) is 0 Å². The van der Waals surface area contributed by atoms with Crippen LogP contribution in [0.2, 0.25) is 0 Å². The highest BCUT2D eigenvalue weighted by molar-refractivity contribution is 7.12. The minimum absolute atomic E-state index is 0.164. The Balaban J connectivity index is 2.04. The minimum atomic E-state index is -0.566. The molecule has 1 N–H and O–H groups in total. The van der Waals surface area contributed by atoms with Crippen LogP contribution in [0.1, 0.15) is 21.3 Å². The van der Waals surface area contributed by atoms with Gasteiger partial charge in [-0.2, -0.15) is 0 Å². The Morgan fingerprint density at radius 3 is 2.52 bits per heavy atom. The number of carbonyl (C=O) groups excluding carboxylic acids is 2. The smallest absolute Gasteiger partial charge is 0.290 e. The molecule has 3 rings (SSSR count). The fraction of sp³-hybridized carbons (Fsp3) is 0.263. The Hall–Kier alpha value is -2.44. The molecule has 1 aromatic carbocycles. The average Bonchev–Trinajstić information content (AvgIpc) is 3.22. The van der Waals surface area contributed by atoms with Crippen molar-refractivity contribution in [3.05, 3.63) is 69.6 Å². The molecule has 2 aromatic rings. The van der Waals surface area contributed by atoms with E-state index in [0.29, 0.717) is 18.0 Å². The Morgan fingerprint density at radius 2 is 1.92 bits per heavy atom. The second-order valence-corrected chi connectivity index (χ2v) is 7.13. The van der Waals surface area contributed by atoms with Gasteiger partial charge in [0.2, 0.25) is 5.78 Å². The predicted molar refractivity (Wildman–Crippen MR) is 97.8 cm³/mol. The Kier molecular flexibility index (Phi) is 5.01. The lowest BCUT2D eigenvalue weighted by molar-refractivity contribution is -0.129. The van der Waals surface area contributed by atoms with E-state index in [2.05, 4.69) is 0 Å². The molecular formula is C19H20N2O3S. The fourth-order valence-corrected chi connectivity index (χ4v) is 3.62. The molecule has 130 valence electrons. The van der Waals surface area contributed by atoms with E-state index in [4.69, 9.17) is 0 Å². The SMILES string of the molecule is CN(C)CCN1C(=O)C(O)=C(C(=O)c2cccs2)C1c1ccccc1. The van der Waals surface area contributed by atoms with E-state index in [9.17, 15) is 14.7 Å². The summed E-state index contributed by atoms with van der Waals surface area (Å²) in [5, 5.41) is 12.3. The van der Waals surface area contributed by atoms with Crippen molar-refractivity contribution in [2.75, 3.05) is 27.2 Å². The first kappa shape index (κ1) is 17.4. The normalized spacial score (nSPS) is 17.6. The van der Waals surface area contributed by atoms with Gasteiger partial charge >= 0.3 is 0 Å². The van der Waals surface area contributed by atoms with Crippen LogP contribution in [0, 0.1) is 0 Å². The summed E-state index contributed by atoms with van der Waals surface area (Å²) in [7, 11) is 3.84. The van der Waals surface area contributed by atoms with Crippen LogP contribution in [0.4, 0.5) is 0 Å². The molecule has 1 aliphatic rings. The molecule has 0 aliphatic carbocycles. The zero-order valence-corrected chi connectivity index (χ0v) is 15.0. The van der Waals surface area contributed by atoms with E-state index in [0.717, 1.165) is 5.56 Å². The van der Waals surface area contributed by atoms with Crippen molar-refractivity contribution in [1.29, 1.82) is 0 Å². The maximum Gasteiger partial charge on any atom is 0.290 e. The van der Waals surface area contributed by atoms with E-state index in [1.54, 1.807) is 17.0 Å². The van der Waals surface area contributed by atoms with Crippen LogP contribution in [0.15, 0.2) is 59.2 Å². The summed E-state index contributed by atoms with van der Waals surface area (Å²) in [4.78, 5) is 29.6. The van der Waals surface area contributed by atoms with Crippen molar-refractivity contribution >= 4 is 23.0 Å². The first-order valence-corrected chi connectivity index (χ1v) is 8.90. The lowest BCUT2D eigenvalue weighted by atomic mass is 9.95. The number of benzene rings is 1. The quantitative estimate of drug-likeness (QED) is 0.809. The molecular weight excluding hydrogens is 336 g/mol. The number of thiophene rings is 1. The molecule has 0 spiro atoms. The van der Waals surface area contributed by atoms with E-state index in [1.807, 2.05) is 54.7 Å². The molecule has 1 aromatic heterocycles. The first-order valence-electron chi connectivity index (χ1n) is 8.02. The molecule has 0 bridgehead atoms. The van der Waals surface area contributed by atoms with Crippen molar-refractivity contribution in [1.82, 2.24) is 9.80 Å². The van der Waals surface area contributed by atoms with Gasteiger partial charge in [-0.05, 0) is 31.1 Å². The van der Waals surface area contributed by atoms with Gasteiger partial charge in [-0.25, -0.2) is 0 Å². The third kappa shape index (κ3) is 3.36. The maximum atomic E-state index is 12.9. The van der Waals surface area contributed by atoms with Gasteiger partial charge in [0.15, 0.2) is 5.76 Å². The molecule has 2 heterocycles. The van der Waals surface area contributed by atoms with E-state index in [-0.39, 0.29) is 11.4 Å². The van der Waals surface area contributed by atoms with E-state index >= 15 is 0 Å². The van der Waals surface area contributed by atoms with Gasteiger partial charge in [-0.3, -0.25) is 9.59 Å². The number of carbonyl (C=O) groups is 2. The Labute approximate surface area is 150 Å². The first-order chi connectivity index (χ1) is 12.0. The molecule has 5 nitrogen and oxygen atoms in total. The van der Waals surface area contributed by atoms with Crippen LogP contribution in [0.3, 0.4) is 0 Å². The molecule has 0 saturated heterocycles. The Morgan fingerprint density at radius 1 is 1.20 bits per heavy atom. The highest BCUT2D eigenvalue weighted by Crippen LogP contribution is 2.39. The molecule has 25 heavy (non-hydrogen) atoms. The number of aliphatic hydroxyl groups is 1. The minimum Gasteiger partial charge on any atom is -0.503 e. The lowest BCUT2D eigenvalue weighted by Gasteiger charge is -2.27. The molecule has 1 amide bonds. The number of Topliss-reactive ketones (excluding diaryl/α,β-unsaturated/α-hetero) is 1. The van der Waals surface area contributed by atoms with E-state index < -0.39 is 17.7 Å². The molecule has 0 radical (unpaired) electrons. The van der Waals surface area contributed by atoms with Crippen LogP contribution in [0.25, 0.3) is 0 Å². The third-order valence-electron chi connectivity index (χ3n) is 4.20. The van der Waals surface area contributed by atoms with Gasteiger partial charge in [0.05, 0.1) is 16.5 Å². The monoisotopic (exact) mass is 356 g/mol. The summed E-state index contributed by atoms with van der Waals surface area (Å²) in [6.07, 6.45) is 0. The van der Waals surface area contributed by atoms with Gasteiger partial charge < -0.3 is 14.9 Å². The van der Waals surface area contributed by atoms with Gasteiger partial charge in [0, 0.05) is 13.1 Å². The van der Waals surface area contributed by atoms with Crippen LogP contribution >= 0.6 is 11.3 Å². The molecule has 0 fully saturated rings. The number of hydrogen-bond acceptors (Lipinski definition) is 5. The standard InChI is InChI=1S/C19H20N2O3S/c1-20(2)10-11-21-16(13-7-4-3-5-8-13)15(18(23)19(21)24)17(22)14-9-6-12-25-14/h3-9,12,16,23H,10-11H2,1-2H3. The zero-order chi connectivity index (χ0) is 18.0. The van der Waals surface area contributed by atoms with Gasteiger partial charge in [-0.1, -0.05) is 36.4 Å². The number of aliphatic hydroxyl groups excluding tert-OH is 1.